The monoisotopic (exact) mass is 406 g/mol. The number of piperidine rings is 1. The molecule has 5 nitrogen and oxygen atoms in total. The minimum absolute atomic E-state index is 0.00133. The van der Waals surface area contributed by atoms with Gasteiger partial charge in [0.1, 0.15) is 0 Å². The predicted octanol–water partition coefficient (Wildman–Crippen LogP) is 3.64. The molecule has 6 heteroatoms. The van der Waals surface area contributed by atoms with Gasteiger partial charge in [0.2, 0.25) is 15.9 Å². The van der Waals surface area contributed by atoms with Crippen LogP contribution in [0, 0.1) is 11.8 Å². The first-order chi connectivity index (χ1) is 13.1. The molecule has 0 saturated carbocycles. The molecule has 0 aliphatic carbocycles. The van der Waals surface area contributed by atoms with E-state index < -0.39 is 10.0 Å². The van der Waals surface area contributed by atoms with E-state index in [1.54, 1.807) is 16.4 Å². The number of likely N-dealkylation sites (tertiary alicyclic amines) is 1. The van der Waals surface area contributed by atoms with E-state index in [-0.39, 0.29) is 23.2 Å². The predicted molar refractivity (Wildman–Crippen MR) is 112 cm³/mol. The molecular formula is C22H34N2O3S. The highest BCUT2D eigenvalue weighted by Gasteiger charge is 2.35. The number of carbonyl (C=O) groups excluding carboxylic acids is 1. The molecule has 1 unspecified atom stereocenters. The Labute approximate surface area is 170 Å². The Morgan fingerprint density at radius 2 is 1.54 bits per heavy atom. The summed E-state index contributed by atoms with van der Waals surface area (Å²) in [5, 5.41) is 0. The zero-order valence-corrected chi connectivity index (χ0v) is 18.5. The summed E-state index contributed by atoms with van der Waals surface area (Å²) in [7, 11) is -3.47. The smallest absolute Gasteiger partial charge is 0.243 e. The number of hydrogen-bond acceptors (Lipinski definition) is 3. The molecule has 3 rings (SSSR count). The van der Waals surface area contributed by atoms with Gasteiger partial charge in [-0.2, -0.15) is 4.31 Å². The van der Waals surface area contributed by atoms with E-state index in [1.165, 1.54) is 0 Å². The molecule has 2 aliphatic heterocycles. The van der Waals surface area contributed by atoms with Gasteiger partial charge in [-0.3, -0.25) is 4.79 Å². The molecular weight excluding hydrogens is 372 g/mol. The summed E-state index contributed by atoms with van der Waals surface area (Å²) in [6, 6.07) is 7.27. The van der Waals surface area contributed by atoms with E-state index in [4.69, 9.17) is 0 Å². The molecule has 0 bridgehead atoms. The molecule has 1 atom stereocenters. The van der Waals surface area contributed by atoms with Crippen molar-refractivity contribution in [3.8, 4) is 0 Å². The number of hydrogen-bond donors (Lipinski definition) is 0. The second-order valence-electron chi connectivity index (χ2n) is 9.34. The first-order valence-corrected chi connectivity index (χ1v) is 11.9. The van der Waals surface area contributed by atoms with Crippen LogP contribution < -0.4 is 0 Å². The fourth-order valence-electron chi connectivity index (χ4n) is 4.32. The lowest BCUT2D eigenvalue weighted by Crippen LogP contribution is -2.43. The second-order valence-corrected chi connectivity index (χ2v) is 11.3. The molecule has 2 aliphatic rings. The number of rotatable bonds is 4. The van der Waals surface area contributed by atoms with Crippen molar-refractivity contribution in [3.63, 3.8) is 0 Å². The summed E-state index contributed by atoms with van der Waals surface area (Å²) >= 11 is 0. The summed E-state index contributed by atoms with van der Waals surface area (Å²) in [5.41, 5.74) is 1.12. The average molecular weight is 407 g/mol. The molecule has 0 radical (unpaired) electrons. The number of amides is 1. The minimum Gasteiger partial charge on any atom is -0.342 e. The van der Waals surface area contributed by atoms with Gasteiger partial charge in [-0.25, -0.2) is 8.42 Å². The van der Waals surface area contributed by atoms with Crippen LogP contribution in [0.4, 0.5) is 0 Å². The van der Waals surface area contributed by atoms with Crippen molar-refractivity contribution in [2.75, 3.05) is 26.2 Å². The third kappa shape index (κ3) is 4.43. The Morgan fingerprint density at radius 1 is 1.00 bits per heavy atom. The largest absolute Gasteiger partial charge is 0.342 e. The van der Waals surface area contributed by atoms with Crippen molar-refractivity contribution >= 4 is 15.9 Å². The molecule has 1 aromatic carbocycles. The Hall–Kier alpha value is -1.40. The van der Waals surface area contributed by atoms with Crippen molar-refractivity contribution in [2.45, 2.75) is 63.7 Å². The van der Waals surface area contributed by atoms with Crippen molar-refractivity contribution in [1.82, 2.24) is 9.21 Å². The number of sulfonamides is 1. The second kappa shape index (κ2) is 8.15. The average Bonchev–Trinajstić information content (AvgIpc) is 3.21. The molecule has 1 aromatic rings. The molecule has 0 aromatic heterocycles. The van der Waals surface area contributed by atoms with E-state index in [0.717, 1.165) is 44.3 Å². The zero-order chi connectivity index (χ0) is 20.5. The molecule has 1 amide bonds. The first kappa shape index (κ1) is 21.3. The molecule has 2 heterocycles. The van der Waals surface area contributed by atoms with Crippen molar-refractivity contribution in [1.29, 1.82) is 0 Å². The normalized spacial score (nSPS) is 21.1. The maximum absolute atomic E-state index is 13.0. The quantitative estimate of drug-likeness (QED) is 0.767. The third-order valence-corrected chi connectivity index (χ3v) is 8.28. The lowest BCUT2D eigenvalue weighted by atomic mass is 9.85. The van der Waals surface area contributed by atoms with Crippen LogP contribution in [0.15, 0.2) is 29.2 Å². The number of benzene rings is 1. The number of carbonyl (C=O) groups is 1. The maximum Gasteiger partial charge on any atom is 0.243 e. The Bertz CT molecular complexity index is 782. The van der Waals surface area contributed by atoms with Gasteiger partial charge < -0.3 is 4.90 Å². The van der Waals surface area contributed by atoms with Crippen LogP contribution in [-0.4, -0.2) is 49.7 Å². The van der Waals surface area contributed by atoms with Crippen molar-refractivity contribution < 1.29 is 13.2 Å². The lowest BCUT2D eigenvalue weighted by Gasteiger charge is -2.35. The van der Waals surface area contributed by atoms with Gasteiger partial charge in [-0.05, 0) is 54.7 Å². The Balaban J connectivity index is 1.62. The Kier molecular flexibility index (Phi) is 6.20. The van der Waals surface area contributed by atoms with Crippen LogP contribution in [0.1, 0.15) is 58.9 Å². The molecule has 156 valence electrons. The van der Waals surface area contributed by atoms with Gasteiger partial charge in [0, 0.05) is 32.1 Å². The number of nitrogens with zero attached hydrogens (tertiary/aromatic N) is 2. The first-order valence-electron chi connectivity index (χ1n) is 10.5. The van der Waals surface area contributed by atoms with E-state index in [2.05, 4.69) is 20.8 Å². The summed E-state index contributed by atoms with van der Waals surface area (Å²) in [5.74, 6) is 0.494. The van der Waals surface area contributed by atoms with Crippen LogP contribution in [-0.2, 0) is 20.2 Å². The zero-order valence-electron chi connectivity index (χ0n) is 17.6. The van der Waals surface area contributed by atoms with Crippen LogP contribution in [0.25, 0.3) is 0 Å². The van der Waals surface area contributed by atoms with E-state index in [1.807, 2.05) is 24.0 Å². The molecule has 0 spiro atoms. The highest BCUT2D eigenvalue weighted by Crippen LogP contribution is 2.31. The van der Waals surface area contributed by atoms with E-state index >= 15 is 0 Å². The molecule has 2 saturated heterocycles. The minimum atomic E-state index is -3.47. The fraction of sp³-hybridized carbons (Fsp3) is 0.682. The van der Waals surface area contributed by atoms with Crippen LogP contribution >= 0.6 is 0 Å². The van der Waals surface area contributed by atoms with Crippen molar-refractivity contribution in [2.24, 2.45) is 11.8 Å². The van der Waals surface area contributed by atoms with Gasteiger partial charge >= 0.3 is 0 Å². The van der Waals surface area contributed by atoms with Crippen LogP contribution in [0.2, 0.25) is 0 Å². The highest BCUT2D eigenvalue weighted by molar-refractivity contribution is 7.89. The molecule has 2 fully saturated rings. The van der Waals surface area contributed by atoms with Gasteiger partial charge in [-0.15, -0.1) is 0 Å². The highest BCUT2D eigenvalue weighted by atomic mass is 32.2. The summed E-state index contributed by atoms with van der Waals surface area (Å²) in [6.07, 6.45) is 3.70. The van der Waals surface area contributed by atoms with Gasteiger partial charge in [0.25, 0.3) is 0 Å². The van der Waals surface area contributed by atoms with E-state index in [0.29, 0.717) is 18.0 Å². The van der Waals surface area contributed by atoms with Gasteiger partial charge in [0.05, 0.1) is 4.90 Å². The molecule has 28 heavy (non-hydrogen) atoms. The third-order valence-electron chi connectivity index (χ3n) is 6.37. The maximum atomic E-state index is 13.0. The van der Waals surface area contributed by atoms with Gasteiger partial charge in [-0.1, -0.05) is 39.8 Å². The van der Waals surface area contributed by atoms with Gasteiger partial charge in [0.15, 0.2) is 0 Å². The Morgan fingerprint density at radius 3 is 2.04 bits per heavy atom. The fourth-order valence-corrected chi connectivity index (χ4v) is 5.79. The summed E-state index contributed by atoms with van der Waals surface area (Å²) in [6.45, 7) is 11.1. The van der Waals surface area contributed by atoms with Crippen LogP contribution in [0.3, 0.4) is 0 Å². The van der Waals surface area contributed by atoms with Crippen LogP contribution in [0.5, 0.6) is 0 Å². The summed E-state index contributed by atoms with van der Waals surface area (Å²) < 4.78 is 27.6. The van der Waals surface area contributed by atoms with Crippen molar-refractivity contribution in [3.05, 3.63) is 29.8 Å². The molecule has 0 N–H and O–H groups in total. The summed E-state index contributed by atoms with van der Waals surface area (Å²) in [4.78, 5) is 15.0. The SMILES string of the molecule is CC(C(=O)N1CCCC1)C1CCN(S(=O)(=O)c2ccc(C(C)(C)C)cc2)CC1. The topological polar surface area (TPSA) is 57.7 Å². The standard InChI is InChI=1S/C22H34N2O3S/c1-17(21(25)23-13-5-6-14-23)18-11-15-24(16-12-18)28(26,27)20-9-7-19(8-10-20)22(2,3)4/h7-10,17-18H,5-6,11-16H2,1-4H3. The lowest BCUT2D eigenvalue weighted by molar-refractivity contribution is -0.136. The van der Waals surface area contributed by atoms with E-state index in [9.17, 15) is 13.2 Å².